The monoisotopic (exact) mass is 175 g/mol. The number of rotatable bonds is 5. The first kappa shape index (κ1) is 11.9. The minimum Gasteiger partial charge on any atom is -0.388 e. The highest BCUT2D eigenvalue weighted by Crippen LogP contribution is 2.10. The quantitative estimate of drug-likeness (QED) is 0.668. The minimum atomic E-state index is -0.744. The van der Waals surface area contributed by atoms with Crippen molar-refractivity contribution in [3.8, 4) is 0 Å². The Balaban J connectivity index is 3.51. The summed E-state index contributed by atoms with van der Waals surface area (Å²) in [6, 6.07) is 0. The summed E-state index contributed by atoms with van der Waals surface area (Å²) in [5.41, 5.74) is -0.744. The molecule has 0 saturated carbocycles. The predicted octanol–water partition coefficient (Wildman–Crippen LogP) is 0.724. The molecule has 1 N–H and O–H groups in total. The molecule has 12 heavy (non-hydrogen) atoms. The molecule has 74 valence electrons. The predicted molar refractivity (Wildman–Crippen MR) is 50.3 cm³/mol. The van der Waals surface area contributed by atoms with E-state index in [1.54, 1.807) is 13.8 Å². The number of nitrogens with zero attached hydrogens (tertiary/aromatic N) is 1. The minimum absolute atomic E-state index is 0.113. The third-order valence-electron chi connectivity index (χ3n) is 1.90. The summed E-state index contributed by atoms with van der Waals surface area (Å²) in [6.45, 7) is 6.95. The molecule has 0 radical (unpaired) electrons. The van der Waals surface area contributed by atoms with E-state index in [1.165, 1.54) is 0 Å². The average molecular weight is 175 g/mol. The lowest BCUT2D eigenvalue weighted by Gasteiger charge is -2.26. The molecule has 0 aromatic heterocycles. The Hall–Kier alpha value is -0.120. The van der Waals surface area contributed by atoms with Crippen LogP contribution in [-0.2, 0) is 4.74 Å². The van der Waals surface area contributed by atoms with Crippen LogP contribution in [0.2, 0.25) is 0 Å². The lowest BCUT2D eigenvalue weighted by atomic mass is 10.0. The Morgan fingerprint density at radius 3 is 2.25 bits per heavy atom. The second-order valence-corrected chi connectivity index (χ2v) is 3.97. The van der Waals surface area contributed by atoms with Crippen molar-refractivity contribution < 1.29 is 9.84 Å². The van der Waals surface area contributed by atoms with E-state index < -0.39 is 5.60 Å². The smallest absolute Gasteiger partial charge is 0.0849 e. The fraction of sp³-hybridized carbons (Fsp3) is 1.00. The van der Waals surface area contributed by atoms with Crippen LogP contribution in [-0.4, -0.2) is 49.0 Å². The SMILES string of the molecule is CC(OCCN(C)C)C(C)(C)O. The van der Waals surface area contributed by atoms with Crippen molar-refractivity contribution in [3.63, 3.8) is 0 Å². The van der Waals surface area contributed by atoms with Crippen LogP contribution >= 0.6 is 0 Å². The van der Waals surface area contributed by atoms with Gasteiger partial charge in [-0.25, -0.2) is 0 Å². The fourth-order valence-corrected chi connectivity index (χ4v) is 0.616. The zero-order valence-corrected chi connectivity index (χ0v) is 8.79. The van der Waals surface area contributed by atoms with Gasteiger partial charge in [0.25, 0.3) is 0 Å². The van der Waals surface area contributed by atoms with Gasteiger partial charge >= 0.3 is 0 Å². The van der Waals surface area contributed by atoms with Crippen LogP contribution in [0.4, 0.5) is 0 Å². The zero-order valence-electron chi connectivity index (χ0n) is 8.79. The lowest BCUT2D eigenvalue weighted by Crippen LogP contribution is -2.37. The Morgan fingerprint density at radius 1 is 1.42 bits per heavy atom. The van der Waals surface area contributed by atoms with Gasteiger partial charge in [0.15, 0.2) is 0 Å². The molecule has 3 heteroatoms. The maximum atomic E-state index is 9.51. The molecule has 0 heterocycles. The second-order valence-electron chi connectivity index (χ2n) is 3.97. The van der Waals surface area contributed by atoms with Crippen molar-refractivity contribution in [1.82, 2.24) is 4.90 Å². The van der Waals surface area contributed by atoms with Gasteiger partial charge in [-0.2, -0.15) is 0 Å². The van der Waals surface area contributed by atoms with Crippen LogP contribution in [0.3, 0.4) is 0 Å². The van der Waals surface area contributed by atoms with Crippen LogP contribution in [0, 0.1) is 0 Å². The van der Waals surface area contributed by atoms with Crippen molar-refractivity contribution in [2.75, 3.05) is 27.2 Å². The molecule has 0 aromatic carbocycles. The van der Waals surface area contributed by atoms with Crippen LogP contribution in [0.25, 0.3) is 0 Å². The molecule has 0 amide bonds. The maximum absolute atomic E-state index is 9.51. The van der Waals surface area contributed by atoms with E-state index in [9.17, 15) is 5.11 Å². The van der Waals surface area contributed by atoms with Gasteiger partial charge < -0.3 is 14.7 Å². The summed E-state index contributed by atoms with van der Waals surface area (Å²) in [5.74, 6) is 0. The Kier molecular flexibility index (Phi) is 4.75. The van der Waals surface area contributed by atoms with Crippen LogP contribution in [0.1, 0.15) is 20.8 Å². The highest BCUT2D eigenvalue weighted by atomic mass is 16.5. The summed E-state index contributed by atoms with van der Waals surface area (Å²) >= 11 is 0. The second kappa shape index (κ2) is 4.80. The maximum Gasteiger partial charge on any atom is 0.0849 e. The first-order valence-corrected chi connectivity index (χ1v) is 4.32. The first-order valence-electron chi connectivity index (χ1n) is 4.32. The van der Waals surface area contributed by atoms with Crippen LogP contribution < -0.4 is 0 Å². The molecule has 0 saturated heterocycles. The molecule has 1 unspecified atom stereocenters. The van der Waals surface area contributed by atoms with Crippen molar-refractivity contribution in [2.24, 2.45) is 0 Å². The van der Waals surface area contributed by atoms with Crippen LogP contribution in [0.5, 0.6) is 0 Å². The number of ether oxygens (including phenoxy) is 1. The van der Waals surface area contributed by atoms with Gasteiger partial charge in [-0.3, -0.25) is 0 Å². The lowest BCUT2D eigenvalue weighted by molar-refractivity contribution is -0.0804. The van der Waals surface area contributed by atoms with Crippen molar-refractivity contribution in [3.05, 3.63) is 0 Å². The Labute approximate surface area is 75.3 Å². The standard InChI is InChI=1S/C9H21NO2/c1-8(9(2,3)11)12-7-6-10(4)5/h8,11H,6-7H2,1-5H3. The van der Waals surface area contributed by atoms with Crippen molar-refractivity contribution in [1.29, 1.82) is 0 Å². The van der Waals surface area contributed by atoms with Gasteiger partial charge in [0.1, 0.15) is 0 Å². The van der Waals surface area contributed by atoms with E-state index in [0.29, 0.717) is 6.61 Å². The highest BCUT2D eigenvalue weighted by Gasteiger charge is 2.22. The number of likely N-dealkylation sites (N-methyl/N-ethyl adjacent to an activating group) is 1. The third kappa shape index (κ3) is 5.52. The molecule has 0 aliphatic rings. The van der Waals surface area contributed by atoms with Gasteiger partial charge in [-0.15, -0.1) is 0 Å². The fourth-order valence-electron chi connectivity index (χ4n) is 0.616. The van der Waals surface area contributed by atoms with Gasteiger partial charge in [0.2, 0.25) is 0 Å². The van der Waals surface area contributed by atoms with E-state index in [-0.39, 0.29) is 6.10 Å². The van der Waals surface area contributed by atoms with Crippen molar-refractivity contribution >= 4 is 0 Å². The summed E-state index contributed by atoms with van der Waals surface area (Å²) in [5, 5.41) is 9.51. The van der Waals surface area contributed by atoms with Gasteiger partial charge in [0, 0.05) is 6.54 Å². The highest BCUT2D eigenvalue weighted by molar-refractivity contribution is 4.73. The number of hydrogen-bond donors (Lipinski definition) is 1. The third-order valence-corrected chi connectivity index (χ3v) is 1.90. The largest absolute Gasteiger partial charge is 0.388 e. The molecule has 0 spiro atoms. The molecule has 0 fully saturated rings. The van der Waals surface area contributed by atoms with Crippen molar-refractivity contribution in [2.45, 2.75) is 32.5 Å². The molecule has 0 bridgehead atoms. The van der Waals surface area contributed by atoms with E-state index in [2.05, 4.69) is 4.90 Å². The van der Waals surface area contributed by atoms with E-state index in [4.69, 9.17) is 4.74 Å². The molecular weight excluding hydrogens is 154 g/mol. The normalized spacial score (nSPS) is 15.2. The summed E-state index contributed by atoms with van der Waals surface area (Å²) in [6.07, 6.45) is -0.113. The van der Waals surface area contributed by atoms with Gasteiger partial charge in [-0.05, 0) is 34.9 Å². The molecule has 3 nitrogen and oxygen atoms in total. The van der Waals surface area contributed by atoms with Gasteiger partial charge in [-0.1, -0.05) is 0 Å². The summed E-state index contributed by atoms with van der Waals surface area (Å²) in [7, 11) is 4.00. The average Bonchev–Trinajstić information content (AvgIpc) is 1.84. The number of hydrogen-bond acceptors (Lipinski definition) is 3. The zero-order chi connectivity index (χ0) is 9.78. The molecule has 0 rings (SSSR count). The number of aliphatic hydroxyl groups is 1. The molecular formula is C9H21NO2. The molecule has 0 aliphatic heterocycles. The van der Waals surface area contributed by atoms with E-state index in [1.807, 2.05) is 21.0 Å². The first-order chi connectivity index (χ1) is 5.34. The van der Waals surface area contributed by atoms with Gasteiger partial charge in [0.05, 0.1) is 18.3 Å². The molecule has 0 aliphatic carbocycles. The van der Waals surface area contributed by atoms with E-state index in [0.717, 1.165) is 6.54 Å². The summed E-state index contributed by atoms with van der Waals surface area (Å²) in [4.78, 5) is 2.05. The molecule has 0 aromatic rings. The Morgan fingerprint density at radius 2 is 1.92 bits per heavy atom. The van der Waals surface area contributed by atoms with Crippen LogP contribution in [0.15, 0.2) is 0 Å². The Bertz CT molecular complexity index is 118. The topological polar surface area (TPSA) is 32.7 Å². The molecule has 1 atom stereocenters. The summed E-state index contributed by atoms with van der Waals surface area (Å²) < 4.78 is 5.43. The van der Waals surface area contributed by atoms with E-state index >= 15 is 0 Å².